The van der Waals surface area contributed by atoms with Gasteiger partial charge in [0.15, 0.2) is 0 Å². The second-order valence-corrected chi connectivity index (χ2v) is 14.8. The van der Waals surface area contributed by atoms with Crippen LogP contribution in [0.5, 0.6) is 0 Å². The van der Waals surface area contributed by atoms with Crippen molar-refractivity contribution < 1.29 is 18.7 Å². The molecule has 0 aliphatic carbocycles. The summed E-state index contributed by atoms with van der Waals surface area (Å²) in [6.07, 6.45) is 5.64. The van der Waals surface area contributed by atoms with Crippen LogP contribution in [0, 0.1) is 0 Å². The number of benzene rings is 1. The standard InChI is InChI=1S/C37H40N12O7S/c1-47-28-14-23(6-7-26(28)35(53)56-37(47)54)34(52)49-21-25(45-46-38)15-29(49)33(51)39-8-11-55-12-9-40-36-41-17-22(18-42-36)19-48-10-2-4-24(20-48)32-43-27(16-31(50)44-32)30-5-3-13-57-30/h3,5-7,13-14,16-18,24-25,29H,2,4,8-12,15,19-21H2,1H3,(H,39,51)(H,40,41,42)(H,43,44,50)/t24?,25?,29-/m0/s1. The molecule has 4 aromatic heterocycles. The Morgan fingerprint density at radius 2 is 1.95 bits per heavy atom. The predicted molar refractivity (Wildman–Crippen MR) is 210 cm³/mol. The summed E-state index contributed by atoms with van der Waals surface area (Å²) in [4.78, 5) is 87.5. The predicted octanol–water partition coefficient (Wildman–Crippen LogP) is 2.61. The number of aromatic nitrogens is 5. The number of carbonyl (C=O) groups is 2. The van der Waals surface area contributed by atoms with Gasteiger partial charge in [0.05, 0.1) is 40.7 Å². The summed E-state index contributed by atoms with van der Waals surface area (Å²) >= 11 is 1.56. The molecule has 2 unspecified atom stereocenters. The molecule has 5 aromatic rings. The molecule has 1 aromatic carbocycles. The molecule has 0 spiro atoms. The van der Waals surface area contributed by atoms with Crippen molar-refractivity contribution in [2.45, 2.75) is 43.8 Å². The molecule has 2 saturated heterocycles. The lowest BCUT2D eigenvalue weighted by Gasteiger charge is -2.32. The maximum absolute atomic E-state index is 13.6. The summed E-state index contributed by atoms with van der Waals surface area (Å²) in [5.41, 5.74) is 10.1. The second-order valence-electron chi connectivity index (χ2n) is 13.8. The summed E-state index contributed by atoms with van der Waals surface area (Å²) in [5.74, 6) is -0.528. The number of nitrogens with zero attached hydrogens (tertiary/aromatic N) is 9. The SMILES string of the molecule is Cn1c(=O)oc(=O)c2ccc(C(=O)N3CC(N=[N+]=[N-])C[C@H]3C(=O)NCCOCCNc3ncc(CN4CCCC(c5nc(-c6cccs6)cc(=O)[nH]5)C4)cn3)cc21. The molecule has 0 bridgehead atoms. The van der Waals surface area contributed by atoms with Gasteiger partial charge >= 0.3 is 11.4 Å². The first-order chi connectivity index (χ1) is 27.7. The van der Waals surface area contributed by atoms with Gasteiger partial charge in [-0.1, -0.05) is 11.2 Å². The number of nitrogens with one attached hydrogen (secondary N) is 3. The van der Waals surface area contributed by atoms with Crippen LogP contribution in [-0.2, 0) is 23.1 Å². The number of fused-ring (bicyclic) bond motifs is 1. The molecule has 2 aliphatic heterocycles. The third kappa shape index (κ3) is 9.26. The zero-order valence-corrected chi connectivity index (χ0v) is 31.8. The molecule has 3 N–H and O–H groups in total. The van der Waals surface area contributed by atoms with E-state index in [2.05, 4.69) is 44.9 Å². The van der Waals surface area contributed by atoms with E-state index in [1.165, 1.54) is 30.1 Å². The molecule has 57 heavy (non-hydrogen) atoms. The van der Waals surface area contributed by atoms with Crippen LogP contribution in [0.25, 0.3) is 31.9 Å². The Morgan fingerprint density at radius 1 is 1.12 bits per heavy atom. The van der Waals surface area contributed by atoms with Crippen molar-refractivity contribution in [3.8, 4) is 10.6 Å². The normalized spacial score (nSPS) is 18.3. The highest BCUT2D eigenvalue weighted by Crippen LogP contribution is 2.28. The first kappa shape index (κ1) is 39.0. The number of ether oxygens (including phenoxy) is 1. The fourth-order valence-electron chi connectivity index (χ4n) is 7.16. The van der Waals surface area contributed by atoms with E-state index in [4.69, 9.17) is 15.3 Å². The lowest BCUT2D eigenvalue weighted by molar-refractivity contribution is -0.125. The molecule has 296 valence electrons. The third-order valence-corrected chi connectivity index (χ3v) is 10.8. The Bertz CT molecular complexity index is 2460. The Kier molecular flexibility index (Phi) is 12.1. The molecule has 2 fully saturated rings. The van der Waals surface area contributed by atoms with Gasteiger partial charge in [0.2, 0.25) is 11.9 Å². The summed E-state index contributed by atoms with van der Waals surface area (Å²) in [6.45, 7) is 3.49. The van der Waals surface area contributed by atoms with Crippen molar-refractivity contribution in [3.05, 3.63) is 113 Å². The largest absolute Gasteiger partial charge is 0.422 e. The Hall–Kier alpha value is -6.21. The molecule has 20 heteroatoms. The molecule has 3 atom stereocenters. The van der Waals surface area contributed by atoms with Crippen LogP contribution in [0.4, 0.5) is 5.95 Å². The van der Waals surface area contributed by atoms with Gasteiger partial charge in [-0.3, -0.25) is 23.9 Å². The number of aryl methyl sites for hydroxylation is 1. The quantitative estimate of drug-likeness (QED) is 0.0636. The van der Waals surface area contributed by atoms with Crippen molar-refractivity contribution in [2.24, 2.45) is 12.2 Å². The monoisotopic (exact) mass is 796 g/mol. The van der Waals surface area contributed by atoms with Gasteiger partial charge in [-0.05, 0) is 61.0 Å². The molecule has 2 amide bonds. The smallest absolute Gasteiger partial charge is 0.378 e. The molecular weight excluding hydrogens is 757 g/mol. The van der Waals surface area contributed by atoms with Crippen molar-refractivity contribution in [2.75, 3.05) is 51.3 Å². The Balaban J connectivity index is 0.843. The van der Waals surface area contributed by atoms with Crippen LogP contribution < -0.4 is 27.6 Å². The van der Waals surface area contributed by atoms with Gasteiger partial charge in [-0.15, -0.1) is 11.3 Å². The van der Waals surface area contributed by atoms with Crippen molar-refractivity contribution >= 4 is 40.0 Å². The summed E-state index contributed by atoms with van der Waals surface area (Å²) in [5, 5.41) is 11.7. The second kappa shape index (κ2) is 17.7. The van der Waals surface area contributed by atoms with Crippen molar-refractivity contribution in [3.63, 3.8) is 0 Å². The van der Waals surface area contributed by atoms with Crippen LogP contribution in [0.3, 0.4) is 0 Å². The highest BCUT2D eigenvalue weighted by Gasteiger charge is 2.39. The number of H-pyrrole nitrogens is 1. The van der Waals surface area contributed by atoms with Crippen molar-refractivity contribution in [1.29, 1.82) is 0 Å². The number of carbonyl (C=O) groups excluding carboxylic acids is 2. The van der Waals surface area contributed by atoms with E-state index in [0.717, 1.165) is 46.8 Å². The van der Waals surface area contributed by atoms with E-state index in [0.29, 0.717) is 31.3 Å². The van der Waals surface area contributed by atoms with E-state index in [9.17, 15) is 24.0 Å². The maximum Gasteiger partial charge on any atom is 0.422 e. The van der Waals surface area contributed by atoms with Gasteiger partial charge in [0.1, 0.15) is 11.9 Å². The van der Waals surface area contributed by atoms with Crippen LogP contribution in [0.15, 0.2) is 78.1 Å². The zero-order chi connectivity index (χ0) is 39.9. The highest BCUT2D eigenvalue weighted by molar-refractivity contribution is 7.13. The lowest BCUT2D eigenvalue weighted by atomic mass is 9.96. The summed E-state index contributed by atoms with van der Waals surface area (Å²) in [7, 11) is 1.42. The summed E-state index contributed by atoms with van der Waals surface area (Å²) < 4.78 is 11.5. The number of aromatic amines is 1. The van der Waals surface area contributed by atoms with Gasteiger partial charge in [-0.25, -0.2) is 24.5 Å². The fourth-order valence-corrected chi connectivity index (χ4v) is 7.84. The molecule has 0 radical (unpaired) electrons. The van der Waals surface area contributed by atoms with E-state index >= 15 is 0 Å². The first-order valence-corrected chi connectivity index (χ1v) is 19.3. The number of thiophene rings is 1. The number of rotatable bonds is 14. The van der Waals surface area contributed by atoms with Crippen LogP contribution in [0.1, 0.15) is 46.9 Å². The van der Waals surface area contributed by atoms with Gasteiger partial charge < -0.3 is 29.7 Å². The molecule has 6 heterocycles. The molecule has 19 nitrogen and oxygen atoms in total. The topological polar surface area (TPSA) is 246 Å². The zero-order valence-electron chi connectivity index (χ0n) is 31.0. The molecular formula is C37H40N12O7S. The van der Waals surface area contributed by atoms with Gasteiger partial charge in [0, 0.05) is 80.2 Å². The van der Waals surface area contributed by atoms with E-state index in [-0.39, 0.29) is 54.1 Å². The number of anilines is 1. The third-order valence-electron chi connectivity index (χ3n) is 9.95. The number of azide groups is 1. The first-order valence-electron chi connectivity index (χ1n) is 18.4. The van der Waals surface area contributed by atoms with Gasteiger partial charge in [0.25, 0.3) is 11.5 Å². The number of piperidine rings is 1. The minimum atomic E-state index is -0.914. The Morgan fingerprint density at radius 3 is 2.74 bits per heavy atom. The van der Waals surface area contributed by atoms with Crippen LogP contribution in [-0.4, -0.2) is 104 Å². The van der Waals surface area contributed by atoms with E-state index < -0.39 is 35.3 Å². The Labute approximate surface area is 328 Å². The number of hydrogen-bond acceptors (Lipinski definition) is 14. The number of likely N-dealkylation sites (tertiary alicyclic amines) is 2. The van der Waals surface area contributed by atoms with E-state index in [1.807, 2.05) is 17.5 Å². The summed E-state index contributed by atoms with van der Waals surface area (Å²) in [6, 6.07) is 8.14. The maximum atomic E-state index is 13.6. The molecule has 0 saturated carbocycles. The van der Waals surface area contributed by atoms with E-state index in [1.54, 1.807) is 29.8 Å². The van der Waals surface area contributed by atoms with Gasteiger partial charge in [-0.2, -0.15) is 0 Å². The fraction of sp³-hybridized carbons (Fsp3) is 0.405. The lowest BCUT2D eigenvalue weighted by Crippen LogP contribution is -2.46. The average molecular weight is 797 g/mol. The minimum Gasteiger partial charge on any atom is -0.378 e. The van der Waals surface area contributed by atoms with Crippen molar-refractivity contribution in [1.82, 2.24) is 39.6 Å². The highest BCUT2D eigenvalue weighted by atomic mass is 32.1. The van der Waals surface area contributed by atoms with Crippen LogP contribution in [0.2, 0.25) is 0 Å². The number of amides is 2. The molecule has 2 aliphatic rings. The number of hydrogen-bond donors (Lipinski definition) is 3. The average Bonchev–Trinajstić information content (AvgIpc) is 3.91. The minimum absolute atomic E-state index is 0.0190. The van der Waals surface area contributed by atoms with Crippen LogP contribution >= 0.6 is 11.3 Å². The molecule has 7 rings (SSSR count).